The van der Waals surface area contributed by atoms with E-state index in [2.05, 4.69) is 5.32 Å². The third kappa shape index (κ3) is 2.30. The fourth-order valence-corrected chi connectivity index (χ4v) is 1.63. The molecule has 3 N–H and O–H groups in total. The third-order valence-electron chi connectivity index (χ3n) is 2.50. The van der Waals surface area contributed by atoms with Gasteiger partial charge in [-0.15, -0.1) is 0 Å². The first-order chi connectivity index (χ1) is 7.66. The number of amides is 1. The number of rotatable bonds is 2. The van der Waals surface area contributed by atoms with E-state index in [1.807, 2.05) is 0 Å². The minimum atomic E-state index is -0.601. The zero-order valence-corrected chi connectivity index (χ0v) is 8.70. The number of ether oxygens (including phenoxy) is 1. The van der Waals surface area contributed by atoms with E-state index in [0.717, 1.165) is 12.5 Å². The number of nitrogen functional groups attached to an aromatic ring is 1. The molecule has 1 aromatic carbocycles. The molecule has 5 heteroatoms. The molecule has 1 aliphatic rings. The van der Waals surface area contributed by atoms with Crippen molar-refractivity contribution in [1.29, 1.82) is 0 Å². The Morgan fingerprint density at radius 3 is 3.00 bits per heavy atom. The van der Waals surface area contributed by atoms with Gasteiger partial charge in [-0.05, 0) is 24.6 Å². The van der Waals surface area contributed by atoms with Gasteiger partial charge in [-0.2, -0.15) is 0 Å². The average molecular weight is 224 g/mol. The Morgan fingerprint density at radius 1 is 1.56 bits per heavy atom. The lowest BCUT2D eigenvalue weighted by Crippen LogP contribution is -2.35. The predicted octanol–water partition coefficient (Wildman–Crippen LogP) is 0.927. The largest absolute Gasteiger partial charge is 0.399 e. The van der Waals surface area contributed by atoms with Crippen LogP contribution in [0.5, 0.6) is 0 Å². The van der Waals surface area contributed by atoms with Crippen LogP contribution >= 0.6 is 0 Å². The van der Waals surface area contributed by atoms with Crippen molar-refractivity contribution in [2.75, 3.05) is 18.9 Å². The maximum Gasteiger partial charge on any atom is 0.254 e. The second-order valence-electron chi connectivity index (χ2n) is 3.77. The topological polar surface area (TPSA) is 64.4 Å². The van der Waals surface area contributed by atoms with Gasteiger partial charge in [-0.1, -0.05) is 0 Å². The van der Waals surface area contributed by atoms with Crippen molar-refractivity contribution in [2.24, 2.45) is 0 Å². The summed E-state index contributed by atoms with van der Waals surface area (Å²) in [5, 5.41) is 2.71. The molecule has 0 saturated carbocycles. The van der Waals surface area contributed by atoms with Crippen molar-refractivity contribution in [1.82, 2.24) is 5.32 Å². The summed E-state index contributed by atoms with van der Waals surface area (Å²) in [5.74, 6) is -1.02. The van der Waals surface area contributed by atoms with Gasteiger partial charge >= 0.3 is 0 Å². The predicted molar refractivity (Wildman–Crippen MR) is 57.5 cm³/mol. The van der Waals surface area contributed by atoms with Crippen LogP contribution in [-0.4, -0.2) is 25.2 Å². The number of nitrogens with one attached hydrogen (secondary N) is 1. The maximum atomic E-state index is 13.4. The van der Waals surface area contributed by atoms with Crippen LogP contribution in [0.2, 0.25) is 0 Å². The van der Waals surface area contributed by atoms with Crippen LogP contribution in [-0.2, 0) is 4.74 Å². The number of halogens is 1. The monoisotopic (exact) mass is 224 g/mol. The molecule has 1 aromatic rings. The fourth-order valence-electron chi connectivity index (χ4n) is 1.63. The second kappa shape index (κ2) is 4.49. The van der Waals surface area contributed by atoms with E-state index < -0.39 is 11.7 Å². The number of hydrogen-bond acceptors (Lipinski definition) is 3. The van der Waals surface area contributed by atoms with Crippen molar-refractivity contribution in [3.63, 3.8) is 0 Å². The maximum absolute atomic E-state index is 13.4. The summed E-state index contributed by atoms with van der Waals surface area (Å²) in [6, 6.07) is 4.00. The lowest BCUT2D eigenvalue weighted by atomic mass is 10.1. The molecule has 1 atom stereocenters. The molecule has 0 aromatic heterocycles. The summed E-state index contributed by atoms with van der Waals surface area (Å²) in [7, 11) is 0. The van der Waals surface area contributed by atoms with Gasteiger partial charge in [-0.25, -0.2) is 4.39 Å². The molecular formula is C11H13FN2O2. The zero-order chi connectivity index (χ0) is 11.5. The van der Waals surface area contributed by atoms with Crippen LogP contribution in [0.25, 0.3) is 0 Å². The number of carbonyl (C=O) groups is 1. The van der Waals surface area contributed by atoms with E-state index >= 15 is 0 Å². The quantitative estimate of drug-likeness (QED) is 0.734. The lowest BCUT2D eigenvalue weighted by molar-refractivity contribution is 0.0926. The molecule has 1 saturated heterocycles. The van der Waals surface area contributed by atoms with Crippen LogP contribution in [0.1, 0.15) is 16.8 Å². The molecule has 16 heavy (non-hydrogen) atoms. The first-order valence-electron chi connectivity index (χ1n) is 5.10. The summed E-state index contributed by atoms with van der Waals surface area (Å²) in [4.78, 5) is 11.7. The Balaban J connectivity index is 2.08. The highest BCUT2D eigenvalue weighted by atomic mass is 19.1. The first-order valence-corrected chi connectivity index (χ1v) is 5.10. The molecule has 4 nitrogen and oxygen atoms in total. The van der Waals surface area contributed by atoms with Crippen molar-refractivity contribution < 1.29 is 13.9 Å². The molecule has 0 radical (unpaired) electrons. The van der Waals surface area contributed by atoms with Gasteiger partial charge in [0.2, 0.25) is 0 Å². The molecule has 0 aliphatic carbocycles. The molecule has 1 fully saturated rings. The molecular weight excluding hydrogens is 211 g/mol. The SMILES string of the molecule is Nc1ccc(C(=O)NC2CCOC2)c(F)c1. The fraction of sp³-hybridized carbons (Fsp3) is 0.364. The highest BCUT2D eigenvalue weighted by Crippen LogP contribution is 2.12. The van der Waals surface area contributed by atoms with Crippen molar-refractivity contribution >= 4 is 11.6 Å². The van der Waals surface area contributed by atoms with Crippen LogP contribution in [0.3, 0.4) is 0 Å². The van der Waals surface area contributed by atoms with Gasteiger partial charge in [0.05, 0.1) is 18.2 Å². The lowest BCUT2D eigenvalue weighted by Gasteiger charge is -2.11. The third-order valence-corrected chi connectivity index (χ3v) is 2.50. The number of anilines is 1. The van der Waals surface area contributed by atoms with Gasteiger partial charge in [0.25, 0.3) is 5.91 Å². The van der Waals surface area contributed by atoms with Crippen molar-refractivity contribution in [3.8, 4) is 0 Å². The average Bonchev–Trinajstić information content (AvgIpc) is 2.70. The summed E-state index contributed by atoms with van der Waals surface area (Å²) >= 11 is 0. The minimum Gasteiger partial charge on any atom is -0.399 e. The molecule has 0 bridgehead atoms. The van der Waals surface area contributed by atoms with Crippen molar-refractivity contribution in [2.45, 2.75) is 12.5 Å². The first kappa shape index (κ1) is 10.9. The van der Waals surface area contributed by atoms with Crippen LogP contribution in [0.4, 0.5) is 10.1 Å². The van der Waals surface area contributed by atoms with Crippen LogP contribution < -0.4 is 11.1 Å². The van der Waals surface area contributed by atoms with Gasteiger partial charge in [0.1, 0.15) is 5.82 Å². The van der Waals surface area contributed by atoms with E-state index in [-0.39, 0.29) is 11.6 Å². The highest BCUT2D eigenvalue weighted by molar-refractivity contribution is 5.95. The standard InChI is InChI=1S/C11H13FN2O2/c12-10-5-7(13)1-2-9(10)11(15)14-8-3-4-16-6-8/h1-2,5,8H,3-4,6,13H2,(H,14,15). The normalized spacial score (nSPS) is 19.7. The van der Waals surface area contributed by atoms with E-state index in [9.17, 15) is 9.18 Å². The molecule has 1 amide bonds. The van der Waals surface area contributed by atoms with E-state index in [1.54, 1.807) is 0 Å². The van der Waals surface area contributed by atoms with Crippen molar-refractivity contribution in [3.05, 3.63) is 29.6 Å². The smallest absolute Gasteiger partial charge is 0.254 e. The van der Waals surface area contributed by atoms with Gasteiger partial charge in [0, 0.05) is 12.3 Å². The van der Waals surface area contributed by atoms with Gasteiger partial charge in [0.15, 0.2) is 0 Å². The summed E-state index contributed by atoms with van der Waals surface area (Å²) < 4.78 is 18.5. The van der Waals surface area contributed by atoms with E-state index in [0.29, 0.717) is 18.9 Å². The number of nitrogens with two attached hydrogens (primary N) is 1. The molecule has 1 unspecified atom stereocenters. The highest BCUT2D eigenvalue weighted by Gasteiger charge is 2.20. The van der Waals surface area contributed by atoms with E-state index in [4.69, 9.17) is 10.5 Å². The Morgan fingerprint density at radius 2 is 2.38 bits per heavy atom. The van der Waals surface area contributed by atoms with E-state index in [1.165, 1.54) is 12.1 Å². The number of benzene rings is 1. The van der Waals surface area contributed by atoms with Gasteiger partial charge < -0.3 is 15.8 Å². The second-order valence-corrected chi connectivity index (χ2v) is 3.77. The van der Waals surface area contributed by atoms with Crippen LogP contribution in [0, 0.1) is 5.82 Å². The molecule has 0 spiro atoms. The Bertz CT molecular complexity index is 403. The van der Waals surface area contributed by atoms with Crippen LogP contribution in [0.15, 0.2) is 18.2 Å². The summed E-state index contributed by atoms with van der Waals surface area (Å²) in [6.07, 6.45) is 0.766. The molecule has 1 aliphatic heterocycles. The summed E-state index contributed by atoms with van der Waals surface area (Å²) in [6.45, 7) is 1.12. The number of carbonyl (C=O) groups excluding carboxylic acids is 1. The Hall–Kier alpha value is -1.62. The van der Waals surface area contributed by atoms with Gasteiger partial charge in [-0.3, -0.25) is 4.79 Å². The Labute approximate surface area is 92.6 Å². The molecule has 86 valence electrons. The molecule has 1 heterocycles. The minimum absolute atomic E-state index is 0.0149. The summed E-state index contributed by atoms with van der Waals surface area (Å²) in [5.41, 5.74) is 5.72. The molecule has 2 rings (SSSR count). The zero-order valence-electron chi connectivity index (χ0n) is 8.70. The Kier molecular flexibility index (Phi) is 3.05. The number of hydrogen-bond donors (Lipinski definition) is 2.